The lowest BCUT2D eigenvalue weighted by Gasteiger charge is -2.34. The third kappa shape index (κ3) is 4.02. The maximum absolute atomic E-state index is 6.36. The van der Waals surface area contributed by atoms with Crippen LogP contribution in [0.2, 0.25) is 5.02 Å². The Kier molecular flexibility index (Phi) is 5.53. The summed E-state index contributed by atoms with van der Waals surface area (Å²) in [4.78, 5) is 4.37. The lowest BCUT2D eigenvalue weighted by Crippen LogP contribution is -2.44. The lowest BCUT2D eigenvalue weighted by molar-refractivity contribution is 0.229. The number of aromatic nitrogens is 2. The molecular formula is C19H24ClN3O3. The zero-order valence-electron chi connectivity index (χ0n) is 15.3. The highest BCUT2D eigenvalue weighted by atomic mass is 35.5. The van der Waals surface area contributed by atoms with Crippen LogP contribution in [-0.4, -0.2) is 23.9 Å². The van der Waals surface area contributed by atoms with Crippen LogP contribution in [0.15, 0.2) is 16.7 Å². The molecule has 0 spiro atoms. The molecule has 6 nitrogen and oxygen atoms in total. The summed E-state index contributed by atoms with van der Waals surface area (Å²) in [6.45, 7) is 4.72. The molecule has 0 aliphatic heterocycles. The number of nitrogens with two attached hydrogens (primary N) is 1. The number of benzene rings is 1. The van der Waals surface area contributed by atoms with Gasteiger partial charge in [-0.25, -0.2) is 0 Å². The first-order valence-corrected chi connectivity index (χ1v) is 9.10. The van der Waals surface area contributed by atoms with Crippen molar-refractivity contribution in [3.8, 4) is 11.5 Å². The molecule has 0 saturated heterocycles. The van der Waals surface area contributed by atoms with Crippen LogP contribution >= 0.6 is 11.6 Å². The van der Waals surface area contributed by atoms with E-state index in [1.54, 1.807) is 13.2 Å². The molecule has 1 fully saturated rings. The molecule has 0 bridgehead atoms. The summed E-state index contributed by atoms with van der Waals surface area (Å²) < 4.78 is 16.4. The Morgan fingerprint density at radius 2 is 2.12 bits per heavy atom. The molecule has 0 amide bonds. The fraction of sp³-hybridized carbons (Fsp3) is 0.474. The first kappa shape index (κ1) is 18.7. The van der Waals surface area contributed by atoms with Crippen molar-refractivity contribution in [3.63, 3.8) is 0 Å². The van der Waals surface area contributed by atoms with Gasteiger partial charge in [-0.1, -0.05) is 30.6 Å². The summed E-state index contributed by atoms with van der Waals surface area (Å²) in [5.41, 5.74) is 6.62. The maximum atomic E-state index is 6.36. The van der Waals surface area contributed by atoms with Crippen LogP contribution in [0.1, 0.15) is 50.4 Å². The van der Waals surface area contributed by atoms with Gasteiger partial charge in [0.1, 0.15) is 0 Å². The van der Waals surface area contributed by atoms with Crippen LogP contribution in [0, 0.1) is 5.92 Å². The minimum absolute atomic E-state index is 0.392. The van der Waals surface area contributed by atoms with Crippen LogP contribution < -0.4 is 15.2 Å². The second kappa shape index (κ2) is 7.68. The molecule has 1 saturated carbocycles. The van der Waals surface area contributed by atoms with Gasteiger partial charge in [-0.05, 0) is 49.0 Å². The summed E-state index contributed by atoms with van der Waals surface area (Å²) in [6.07, 6.45) is 6.45. The molecule has 0 radical (unpaired) electrons. The van der Waals surface area contributed by atoms with Crippen LogP contribution in [0.4, 0.5) is 0 Å². The number of ether oxygens (including phenoxy) is 2. The highest BCUT2D eigenvalue weighted by Crippen LogP contribution is 2.38. The van der Waals surface area contributed by atoms with Gasteiger partial charge in [-0.15, -0.1) is 0 Å². The number of hydrogen-bond donors (Lipinski definition) is 1. The van der Waals surface area contributed by atoms with Gasteiger partial charge in [0.05, 0.1) is 24.3 Å². The SMILES string of the molecule is COc1cc(/C=C/c2nc(C3(N)CCC3)no2)cc(Cl)c1OCC(C)C. The quantitative estimate of drug-likeness (QED) is 0.775. The molecule has 0 atom stereocenters. The Hall–Kier alpha value is -2.05. The molecule has 1 aliphatic rings. The Morgan fingerprint density at radius 1 is 1.35 bits per heavy atom. The molecule has 7 heteroatoms. The standard InChI is InChI=1S/C19H24ClN3O3/c1-12(2)11-25-17-14(20)9-13(10-15(17)24-3)5-6-16-22-18(23-26-16)19(21)7-4-8-19/h5-6,9-10,12H,4,7-8,11,21H2,1-3H3/b6-5+. The predicted octanol–water partition coefficient (Wildman–Crippen LogP) is 4.27. The molecule has 0 unspecified atom stereocenters. The molecule has 2 aromatic rings. The van der Waals surface area contributed by atoms with Crippen LogP contribution in [0.3, 0.4) is 0 Å². The third-order valence-corrected chi connectivity index (χ3v) is 4.64. The first-order chi connectivity index (χ1) is 12.4. The number of nitrogens with zero attached hydrogens (tertiary/aromatic N) is 2. The summed E-state index contributed by atoms with van der Waals surface area (Å²) in [6, 6.07) is 3.66. The van der Waals surface area contributed by atoms with Crippen molar-refractivity contribution in [2.45, 2.75) is 38.6 Å². The number of halogens is 1. The maximum Gasteiger partial charge on any atom is 0.250 e. The van der Waals surface area contributed by atoms with Crippen LogP contribution in [-0.2, 0) is 5.54 Å². The van der Waals surface area contributed by atoms with E-state index in [9.17, 15) is 0 Å². The van der Waals surface area contributed by atoms with E-state index in [0.29, 0.717) is 40.8 Å². The second-order valence-corrected chi connectivity index (χ2v) is 7.45. The predicted molar refractivity (Wildman–Crippen MR) is 101 cm³/mol. The van der Waals surface area contributed by atoms with Gasteiger partial charge in [0.15, 0.2) is 17.3 Å². The molecule has 1 aromatic heterocycles. The Labute approximate surface area is 158 Å². The molecule has 1 aliphatic carbocycles. The van der Waals surface area contributed by atoms with Gasteiger partial charge in [0, 0.05) is 6.08 Å². The summed E-state index contributed by atoms with van der Waals surface area (Å²) in [7, 11) is 1.59. The highest BCUT2D eigenvalue weighted by molar-refractivity contribution is 6.32. The zero-order valence-corrected chi connectivity index (χ0v) is 16.0. The first-order valence-electron chi connectivity index (χ1n) is 8.73. The molecule has 2 N–H and O–H groups in total. The van der Waals surface area contributed by atoms with E-state index < -0.39 is 5.54 Å². The fourth-order valence-electron chi connectivity index (χ4n) is 2.68. The van der Waals surface area contributed by atoms with Gasteiger partial charge >= 0.3 is 0 Å². The minimum atomic E-state index is -0.433. The highest BCUT2D eigenvalue weighted by Gasteiger charge is 2.38. The van der Waals surface area contributed by atoms with E-state index in [1.165, 1.54) is 0 Å². The average Bonchev–Trinajstić information content (AvgIpc) is 3.05. The van der Waals surface area contributed by atoms with Crippen molar-refractivity contribution in [2.75, 3.05) is 13.7 Å². The Balaban J connectivity index is 1.77. The molecule has 140 valence electrons. The van der Waals surface area contributed by atoms with Gasteiger partial charge < -0.3 is 19.7 Å². The van der Waals surface area contributed by atoms with Crippen LogP contribution in [0.25, 0.3) is 12.2 Å². The van der Waals surface area contributed by atoms with E-state index in [4.69, 9.17) is 31.3 Å². The van der Waals surface area contributed by atoms with Gasteiger partial charge in [-0.3, -0.25) is 0 Å². The van der Waals surface area contributed by atoms with E-state index >= 15 is 0 Å². The monoisotopic (exact) mass is 377 g/mol. The lowest BCUT2D eigenvalue weighted by atomic mass is 9.77. The molecule has 1 heterocycles. The minimum Gasteiger partial charge on any atom is -0.493 e. The number of rotatable bonds is 7. The van der Waals surface area contributed by atoms with E-state index in [-0.39, 0.29) is 0 Å². The Morgan fingerprint density at radius 3 is 2.73 bits per heavy atom. The van der Waals surface area contributed by atoms with Crippen molar-refractivity contribution < 1.29 is 14.0 Å². The third-order valence-electron chi connectivity index (χ3n) is 4.36. The fourth-order valence-corrected chi connectivity index (χ4v) is 2.95. The topological polar surface area (TPSA) is 83.4 Å². The Bertz CT molecular complexity index is 797. The summed E-state index contributed by atoms with van der Waals surface area (Å²) >= 11 is 6.36. The van der Waals surface area contributed by atoms with Gasteiger partial charge in [0.25, 0.3) is 5.89 Å². The molecular weight excluding hydrogens is 354 g/mol. The number of methoxy groups -OCH3 is 1. The molecule has 26 heavy (non-hydrogen) atoms. The van der Waals surface area contributed by atoms with Crippen molar-refractivity contribution in [2.24, 2.45) is 11.7 Å². The van der Waals surface area contributed by atoms with Crippen LogP contribution in [0.5, 0.6) is 11.5 Å². The smallest absolute Gasteiger partial charge is 0.250 e. The average molecular weight is 378 g/mol. The van der Waals surface area contributed by atoms with E-state index in [1.807, 2.05) is 18.2 Å². The summed E-state index contributed by atoms with van der Waals surface area (Å²) in [5.74, 6) is 2.50. The zero-order chi connectivity index (χ0) is 18.7. The summed E-state index contributed by atoms with van der Waals surface area (Å²) in [5, 5.41) is 4.49. The largest absolute Gasteiger partial charge is 0.493 e. The molecule has 3 rings (SSSR count). The van der Waals surface area contributed by atoms with E-state index in [0.717, 1.165) is 24.8 Å². The van der Waals surface area contributed by atoms with E-state index in [2.05, 4.69) is 24.0 Å². The van der Waals surface area contributed by atoms with Crippen molar-refractivity contribution in [3.05, 3.63) is 34.4 Å². The van der Waals surface area contributed by atoms with Gasteiger partial charge in [-0.2, -0.15) is 4.98 Å². The van der Waals surface area contributed by atoms with Crippen molar-refractivity contribution in [1.29, 1.82) is 0 Å². The number of hydrogen-bond acceptors (Lipinski definition) is 6. The van der Waals surface area contributed by atoms with Crippen molar-refractivity contribution >= 4 is 23.8 Å². The van der Waals surface area contributed by atoms with Gasteiger partial charge in [0.2, 0.25) is 0 Å². The second-order valence-electron chi connectivity index (χ2n) is 7.04. The van der Waals surface area contributed by atoms with Crippen molar-refractivity contribution in [1.82, 2.24) is 10.1 Å². The normalized spacial score (nSPS) is 16.1. The molecule has 1 aromatic carbocycles.